The van der Waals surface area contributed by atoms with E-state index in [0.29, 0.717) is 43.5 Å². The molecular formula is C21H32N4O5. The van der Waals surface area contributed by atoms with Crippen molar-refractivity contribution in [2.24, 2.45) is 4.99 Å². The number of hydrogen-bond acceptors (Lipinski definition) is 6. The number of nitrogens with zero attached hydrogens (tertiary/aromatic N) is 3. The summed E-state index contributed by atoms with van der Waals surface area (Å²) >= 11 is 0. The zero-order chi connectivity index (χ0) is 21.5. The number of ether oxygens (including phenoxy) is 4. The second kappa shape index (κ2) is 10.4. The molecule has 1 amide bonds. The SMILES string of the molecule is CN=C(NCc1c(OC)cc(OC)cc1OC)N1CCN(C(=O)C2CCCO2)CC1. The Hall–Kier alpha value is -2.68. The first-order valence-electron chi connectivity index (χ1n) is 10.3. The van der Waals surface area contributed by atoms with E-state index in [1.54, 1.807) is 28.4 Å². The van der Waals surface area contributed by atoms with Crippen molar-refractivity contribution in [3.63, 3.8) is 0 Å². The molecule has 2 heterocycles. The number of piperazine rings is 1. The molecule has 2 aliphatic rings. The minimum absolute atomic E-state index is 0.114. The molecule has 9 nitrogen and oxygen atoms in total. The molecule has 30 heavy (non-hydrogen) atoms. The third-order valence-electron chi connectivity index (χ3n) is 5.55. The zero-order valence-corrected chi connectivity index (χ0v) is 18.3. The van der Waals surface area contributed by atoms with Crippen LogP contribution in [-0.4, -0.2) is 88.9 Å². The van der Waals surface area contributed by atoms with Crippen LogP contribution in [0.1, 0.15) is 18.4 Å². The normalized spacial score (nSPS) is 19.6. The van der Waals surface area contributed by atoms with Crippen LogP contribution in [0.15, 0.2) is 17.1 Å². The molecule has 1 unspecified atom stereocenters. The van der Waals surface area contributed by atoms with Crippen LogP contribution in [0.2, 0.25) is 0 Å². The molecule has 2 aliphatic heterocycles. The first-order chi connectivity index (χ1) is 14.6. The first-order valence-corrected chi connectivity index (χ1v) is 10.3. The first kappa shape index (κ1) is 22.0. The Morgan fingerprint density at radius 3 is 2.23 bits per heavy atom. The van der Waals surface area contributed by atoms with Crippen LogP contribution >= 0.6 is 0 Å². The number of carbonyl (C=O) groups excluding carboxylic acids is 1. The summed E-state index contributed by atoms with van der Waals surface area (Å²) in [6.07, 6.45) is 1.53. The summed E-state index contributed by atoms with van der Waals surface area (Å²) < 4.78 is 21.9. The maximum absolute atomic E-state index is 12.5. The number of aliphatic imine (C=N–C) groups is 1. The van der Waals surface area contributed by atoms with Gasteiger partial charge in [-0.05, 0) is 12.8 Å². The van der Waals surface area contributed by atoms with Gasteiger partial charge in [-0.2, -0.15) is 0 Å². The highest BCUT2D eigenvalue weighted by Gasteiger charge is 2.31. The van der Waals surface area contributed by atoms with E-state index in [-0.39, 0.29) is 12.0 Å². The van der Waals surface area contributed by atoms with Crippen LogP contribution in [0.5, 0.6) is 17.2 Å². The minimum atomic E-state index is -0.260. The van der Waals surface area contributed by atoms with E-state index in [4.69, 9.17) is 18.9 Å². The van der Waals surface area contributed by atoms with Gasteiger partial charge in [-0.1, -0.05) is 0 Å². The summed E-state index contributed by atoms with van der Waals surface area (Å²) in [4.78, 5) is 21.0. The molecule has 0 radical (unpaired) electrons. The second-order valence-corrected chi connectivity index (χ2v) is 7.23. The highest BCUT2D eigenvalue weighted by atomic mass is 16.5. The van der Waals surface area contributed by atoms with Crippen molar-refractivity contribution in [1.29, 1.82) is 0 Å². The maximum atomic E-state index is 12.5. The van der Waals surface area contributed by atoms with E-state index in [1.165, 1.54) is 0 Å². The smallest absolute Gasteiger partial charge is 0.251 e. The van der Waals surface area contributed by atoms with Gasteiger partial charge in [-0.15, -0.1) is 0 Å². The fourth-order valence-corrected chi connectivity index (χ4v) is 3.87. The number of amides is 1. The third kappa shape index (κ3) is 4.89. The lowest BCUT2D eigenvalue weighted by Gasteiger charge is -2.37. The maximum Gasteiger partial charge on any atom is 0.251 e. The van der Waals surface area contributed by atoms with Crippen molar-refractivity contribution in [2.75, 3.05) is 61.2 Å². The lowest BCUT2D eigenvalue weighted by molar-refractivity contribution is -0.142. The van der Waals surface area contributed by atoms with Gasteiger partial charge in [-0.3, -0.25) is 9.79 Å². The van der Waals surface area contributed by atoms with Gasteiger partial charge in [0.05, 0.1) is 33.4 Å². The molecule has 0 spiro atoms. The lowest BCUT2D eigenvalue weighted by Crippen LogP contribution is -2.55. The van der Waals surface area contributed by atoms with E-state index in [0.717, 1.165) is 37.5 Å². The fraction of sp³-hybridized carbons (Fsp3) is 0.619. The Bertz CT molecular complexity index is 731. The van der Waals surface area contributed by atoms with Crippen LogP contribution in [0.3, 0.4) is 0 Å². The van der Waals surface area contributed by atoms with E-state index in [9.17, 15) is 4.79 Å². The van der Waals surface area contributed by atoms with E-state index in [2.05, 4.69) is 15.2 Å². The molecule has 1 aromatic carbocycles. The summed E-state index contributed by atoms with van der Waals surface area (Å²) in [7, 11) is 6.61. The highest BCUT2D eigenvalue weighted by Crippen LogP contribution is 2.33. The van der Waals surface area contributed by atoms with Gasteiger partial charge < -0.3 is 34.1 Å². The van der Waals surface area contributed by atoms with Crippen LogP contribution in [0.4, 0.5) is 0 Å². The van der Waals surface area contributed by atoms with Crippen LogP contribution in [-0.2, 0) is 16.1 Å². The monoisotopic (exact) mass is 420 g/mol. The number of benzene rings is 1. The number of carbonyl (C=O) groups is 1. The number of methoxy groups -OCH3 is 3. The van der Waals surface area contributed by atoms with E-state index < -0.39 is 0 Å². The third-order valence-corrected chi connectivity index (χ3v) is 5.55. The van der Waals surface area contributed by atoms with Crippen molar-refractivity contribution in [3.8, 4) is 17.2 Å². The van der Waals surface area contributed by atoms with Crippen molar-refractivity contribution in [3.05, 3.63) is 17.7 Å². The molecule has 0 aliphatic carbocycles. The minimum Gasteiger partial charge on any atom is -0.496 e. The fourth-order valence-electron chi connectivity index (χ4n) is 3.87. The molecular weight excluding hydrogens is 388 g/mol. The van der Waals surface area contributed by atoms with Gasteiger partial charge in [0.25, 0.3) is 5.91 Å². The molecule has 2 fully saturated rings. The molecule has 1 atom stereocenters. The number of rotatable bonds is 6. The Morgan fingerprint density at radius 2 is 1.73 bits per heavy atom. The Labute approximate surface area is 177 Å². The van der Waals surface area contributed by atoms with Gasteiger partial charge >= 0.3 is 0 Å². The Balaban J connectivity index is 1.60. The molecule has 166 valence electrons. The molecule has 1 aromatic rings. The quantitative estimate of drug-likeness (QED) is 0.545. The van der Waals surface area contributed by atoms with Gasteiger partial charge in [0, 0.05) is 52.0 Å². The highest BCUT2D eigenvalue weighted by molar-refractivity contribution is 5.83. The number of hydrogen-bond donors (Lipinski definition) is 1. The van der Waals surface area contributed by atoms with Crippen molar-refractivity contribution < 1.29 is 23.7 Å². The van der Waals surface area contributed by atoms with Crippen LogP contribution in [0.25, 0.3) is 0 Å². The second-order valence-electron chi connectivity index (χ2n) is 7.23. The molecule has 0 bridgehead atoms. The standard InChI is InChI=1S/C21H32N4O5/c1-22-21(23-14-16-18(28-3)12-15(27-2)13-19(16)29-4)25-9-7-24(8-10-25)20(26)17-6-5-11-30-17/h12-13,17H,5-11,14H2,1-4H3,(H,22,23). The summed E-state index contributed by atoms with van der Waals surface area (Å²) in [6, 6.07) is 3.66. The Kier molecular flexibility index (Phi) is 7.62. The topological polar surface area (TPSA) is 84.9 Å². The van der Waals surface area contributed by atoms with E-state index in [1.807, 2.05) is 17.0 Å². The predicted molar refractivity (Wildman–Crippen MR) is 113 cm³/mol. The van der Waals surface area contributed by atoms with Gasteiger partial charge in [-0.25, -0.2) is 0 Å². The van der Waals surface area contributed by atoms with Gasteiger partial charge in [0.2, 0.25) is 0 Å². The number of nitrogens with one attached hydrogen (secondary N) is 1. The summed E-state index contributed by atoms with van der Waals surface area (Å²) in [6.45, 7) is 3.93. The molecule has 1 N–H and O–H groups in total. The lowest BCUT2D eigenvalue weighted by atomic mass is 10.1. The molecule has 2 saturated heterocycles. The summed E-state index contributed by atoms with van der Waals surface area (Å²) in [5.74, 6) is 2.92. The molecule has 0 saturated carbocycles. The average Bonchev–Trinajstić information content (AvgIpc) is 3.34. The zero-order valence-electron chi connectivity index (χ0n) is 18.3. The van der Waals surface area contributed by atoms with Gasteiger partial charge in [0.1, 0.15) is 23.4 Å². The van der Waals surface area contributed by atoms with Gasteiger partial charge in [0.15, 0.2) is 5.96 Å². The van der Waals surface area contributed by atoms with Crippen LogP contribution < -0.4 is 19.5 Å². The van der Waals surface area contributed by atoms with Crippen molar-refractivity contribution in [1.82, 2.24) is 15.1 Å². The molecule has 9 heteroatoms. The number of guanidine groups is 1. The average molecular weight is 421 g/mol. The Morgan fingerprint density at radius 1 is 1.10 bits per heavy atom. The molecule has 3 rings (SSSR count). The summed E-state index contributed by atoms with van der Waals surface area (Å²) in [5.41, 5.74) is 0.883. The van der Waals surface area contributed by atoms with Crippen molar-refractivity contribution >= 4 is 11.9 Å². The largest absolute Gasteiger partial charge is 0.496 e. The molecule has 0 aromatic heterocycles. The van der Waals surface area contributed by atoms with E-state index >= 15 is 0 Å². The van der Waals surface area contributed by atoms with Crippen LogP contribution in [0, 0.1) is 0 Å². The predicted octanol–water partition coefficient (Wildman–Crippen LogP) is 1.11. The van der Waals surface area contributed by atoms with Crippen molar-refractivity contribution in [2.45, 2.75) is 25.5 Å². The summed E-state index contributed by atoms with van der Waals surface area (Å²) in [5, 5.41) is 3.39.